The summed E-state index contributed by atoms with van der Waals surface area (Å²) in [5.41, 5.74) is 1.11. The molecule has 0 unspecified atom stereocenters. The van der Waals surface area contributed by atoms with Gasteiger partial charge in [-0.25, -0.2) is 4.39 Å². The highest BCUT2D eigenvalue weighted by atomic mass is 19.1. The molecule has 3 rings (SSSR count). The smallest absolute Gasteiger partial charge is 0.193 e. The number of anilines is 1. The average molecular weight is 406 g/mol. The van der Waals surface area contributed by atoms with Crippen LogP contribution in [0.1, 0.15) is 19.3 Å². The summed E-state index contributed by atoms with van der Waals surface area (Å²) in [4.78, 5) is 11.5. The third kappa shape index (κ3) is 6.85. The SMILES string of the molecule is CN=C(NCCN1CCN(c2ccc(F)cc2)CC1)N(C)CCC1CCOCC1. The van der Waals surface area contributed by atoms with Gasteiger partial charge in [0.25, 0.3) is 0 Å². The van der Waals surface area contributed by atoms with Crippen molar-refractivity contribution >= 4 is 11.6 Å². The van der Waals surface area contributed by atoms with Crippen molar-refractivity contribution in [2.24, 2.45) is 10.9 Å². The molecule has 2 fully saturated rings. The van der Waals surface area contributed by atoms with Crippen molar-refractivity contribution in [1.82, 2.24) is 15.1 Å². The number of halogens is 1. The number of nitrogens with one attached hydrogen (secondary N) is 1. The highest BCUT2D eigenvalue weighted by Crippen LogP contribution is 2.19. The summed E-state index contributed by atoms with van der Waals surface area (Å²) in [6.45, 7) is 8.76. The Balaban J connectivity index is 1.33. The van der Waals surface area contributed by atoms with Crippen LogP contribution in [0.15, 0.2) is 29.3 Å². The molecule has 2 aliphatic heterocycles. The number of benzene rings is 1. The molecule has 29 heavy (non-hydrogen) atoms. The number of piperazine rings is 1. The number of hydrogen-bond donors (Lipinski definition) is 1. The van der Waals surface area contributed by atoms with Crippen molar-refractivity contribution in [3.8, 4) is 0 Å². The van der Waals surface area contributed by atoms with E-state index in [0.29, 0.717) is 0 Å². The maximum absolute atomic E-state index is 13.1. The number of rotatable bonds is 7. The minimum absolute atomic E-state index is 0.176. The van der Waals surface area contributed by atoms with Crippen LogP contribution in [0.4, 0.5) is 10.1 Å². The predicted octanol–water partition coefficient (Wildman–Crippen LogP) is 2.27. The highest BCUT2D eigenvalue weighted by Gasteiger charge is 2.18. The maximum Gasteiger partial charge on any atom is 0.193 e. The van der Waals surface area contributed by atoms with Crippen LogP contribution >= 0.6 is 0 Å². The van der Waals surface area contributed by atoms with Crippen LogP contribution in [0.2, 0.25) is 0 Å². The first-order valence-corrected chi connectivity index (χ1v) is 10.9. The standard InChI is InChI=1S/C22H36FN5O/c1-24-22(26(2)11-7-19-8-17-29-18-9-19)25-10-12-27-13-15-28(16-14-27)21-5-3-20(23)4-6-21/h3-6,19H,7-18H2,1-2H3,(H,24,25). The third-order valence-corrected chi connectivity index (χ3v) is 6.06. The first kappa shape index (κ1) is 21.8. The lowest BCUT2D eigenvalue weighted by Crippen LogP contribution is -2.49. The van der Waals surface area contributed by atoms with E-state index in [1.165, 1.54) is 31.4 Å². The molecule has 0 amide bonds. The van der Waals surface area contributed by atoms with Crippen LogP contribution in [-0.2, 0) is 4.74 Å². The Bertz CT molecular complexity index is 625. The van der Waals surface area contributed by atoms with Crippen molar-refractivity contribution in [3.63, 3.8) is 0 Å². The summed E-state index contributed by atoms with van der Waals surface area (Å²) < 4.78 is 18.5. The quantitative estimate of drug-likeness (QED) is 0.557. The molecular weight excluding hydrogens is 369 g/mol. The summed E-state index contributed by atoms with van der Waals surface area (Å²) >= 11 is 0. The van der Waals surface area contributed by atoms with E-state index in [4.69, 9.17) is 4.74 Å². The van der Waals surface area contributed by atoms with Crippen LogP contribution in [0.25, 0.3) is 0 Å². The molecule has 0 atom stereocenters. The Morgan fingerprint density at radius 3 is 2.52 bits per heavy atom. The molecule has 7 heteroatoms. The molecule has 0 saturated carbocycles. The largest absolute Gasteiger partial charge is 0.381 e. The van der Waals surface area contributed by atoms with Gasteiger partial charge in [0.1, 0.15) is 5.82 Å². The van der Waals surface area contributed by atoms with Gasteiger partial charge in [-0.15, -0.1) is 0 Å². The van der Waals surface area contributed by atoms with Gasteiger partial charge in [-0.2, -0.15) is 0 Å². The Kier molecular flexibility index (Phi) is 8.55. The lowest BCUT2D eigenvalue weighted by molar-refractivity contribution is 0.0625. The molecule has 1 N–H and O–H groups in total. The molecule has 0 spiro atoms. The first-order valence-electron chi connectivity index (χ1n) is 10.9. The van der Waals surface area contributed by atoms with Gasteiger partial charge in [-0.05, 0) is 49.4 Å². The Hall–Kier alpha value is -1.86. The molecule has 0 aliphatic carbocycles. The molecule has 0 bridgehead atoms. The van der Waals surface area contributed by atoms with E-state index in [2.05, 4.69) is 32.1 Å². The van der Waals surface area contributed by atoms with E-state index in [-0.39, 0.29) is 5.82 Å². The van der Waals surface area contributed by atoms with Gasteiger partial charge in [0.15, 0.2) is 5.96 Å². The zero-order valence-electron chi connectivity index (χ0n) is 17.9. The fourth-order valence-corrected chi connectivity index (χ4v) is 4.11. The topological polar surface area (TPSA) is 43.3 Å². The zero-order chi connectivity index (χ0) is 20.5. The molecule has 2 heterocycles. The summed E-state index contributed by atoms with van der Waals surface area (Å²) in [6, 6.07) is 6.81. The number of hydrogen-bond acceptors (Lipinski definition) is 4. The van der Waals surface area contributed by atoms with Gasteiger partial charge in [0, 0.05) is 78.8 Å². The number of aliphatic imine (C=N–C) groups is 1. The van der Waals surface area contributed by atoms with E-state index in [1.807, 2.05) is 19.2 Å². The van der Waals surface area contributed by atoms with Gasteiger partial charge in [0.2, 0.25) is 0 Å². The van der Waals surface area contributed by atoms with Crippen molar-refractivity contribution < 1.29 is 9.13 Å². The van der Waals surface area contributed by atoms with Crippen molar-refractivity contribution in [2.75, 3.05) is 78.0 Å². The van der Waals surface area contributed by atoms with Gasteiger partial charge in [-0.1, -0.05) is 0 Å². The summed E-state index contributed by atoms with van der Waals surface area (Å²) in [7, 11) is 3.98. The van der Waals surface area contributed by atoms with Crippen molar-refractivity contribution in [1.29, 1.82) is 0 Å². The Morgan fingerprint density at radius 2 is 1.86 bits per heavy atom. The molecule has 1 aromatic carbocycles. The van der Waals surface area contributed by atoms with Crippen LogP contribution in [0.5, 0.6) is 0 Å². The molecule has 1 aromatic rings. The van der Waals surface area contributed by atoms with Gasteiger partial charge >= 0.3 is 0 Å². The minimum Gasteiger partial charge on any atom is -0.381 e. The molecular formula is C22H36FN5O. The third-order valence-electron chi connectivity index (χ3n) is 6.06. The molecule has 2 aliphatic rings. The van der Waals surface area contributed by atoms with Gasteiger partial charge in [0.05, 0.1) is 0 Å². The van der Waals surface area contributed by atoms with Crippen LogP contribution in [0.3, 0.4) is 0 Å². The fourth-order valence-electron chi connectivity index (χ4n) is 4.11. The summed E-state index contributed by atoms with van der Waals surface area (Å²) in [5, 5.41) is 3.51. The molecule has 2 saturated heterocycles. The van der Waals surface area contributed by atoms with Crippen molar-refractivity contribution in [3.05, 3.63) is 30.1 Å². The maximum atomic E-state index is 13.1. The minimum atomic E-state index is -0.176. The second-order valence-electron chi connectivity index (χ2n) is 8.05. The lowest BCUT2D eigenvalue weighted by atomic mass is 9.96. The lowest BCUT2D eigenvalue weighted by Gasteiger charge is -2.36. The molecule has 6 nitrogen and oxygen atoms in total. The monoisotopic (exact) mass is 405 g/mol. The van der Waals surface area contributed by atoms with Crippen LogP contribution in [0, 0.1) is 11.7 Å². The first-order chi connectivity index (χ1) is 14.2. The number of nitrogens with zero attached hydrogens (tertiary/aromatic N) is 4. The Labute approximate surface area is 174 Å². The zero-order valence-corrected chi connectivity index (χ0v) is 17.9. The van der Waals surface area contributed by atoms with Gasteiger partial charge < -0.3 is 19.9 Å². The fraction of sp³-hybridized carbons (Fsp3) is 0.682. The van der Waals surface area contributed by atoms with E-state index in [1.54, 1.807) is 0 Å². The average Bonchev–Trinajstić information content (AvgIpc) is 2.77. The normalized spacial score (nSPS) is 19.4. The molecule has 162 valence electrons. The van der Waals surface area contributed by atoms with E-state index < -0.39 is 0 Å². The molecule has 0 aromatic heterocycles. The summed E-state index contributed by atoms with van der Waals surface area (Å²) in [6.07, 6.45) is 3.57. The summed E-state index contributed by atoms with van der Waals surface area (Å²) in [5.74, 6) is 1.58. The molecule has 0 radical (unpaired) electrons. The van der Waals surface area contributed by atoms with E-state index in [0.717, 1.165) is 76.6 Å². The predicted molar refractivity (Wildman–Crippen MR) is 117 cm³/mol. The highest BCUT2D eigenvalue weighted by molar-refractivity contribution is 5.79. The second kappa shape index (κ2) is 11.4. The van der Waals surface area contributed by atoms with Crippen molar-refractivity contribution in [2.45, 2.75) is 19.3 Å². The van der Waals surface area contributed by atoms with Crippen LogP contribution < -0.4 is 10.2 Å². The second-order valence-corrected chi connectivity index (χ2v) is 8.05. The van der Waals surface area contributed by atoms with E-state index >= 15 is 0 Å². The van der Waals surface area contributed by atoms with E-state index in [9.17, 15) is 4.39 Å². The number of guanidine groups is 1. The Morgan fingerprint density at radius 1 is 1.17 bits per heavy atom. The number of ether oxygens (including phenoxy) is 1. The van der Waals surface area contributed by atoms with Gasteiger partial charge in [-0.3, -0.25) is 9.89 Å². The van der Waals surface area contributed by atoms with Crippen LogP contribution in [-0.4, -0.2) is 88.9 Å².